The van der Waals surface area contributed by atoms with Crippen LogP contribution < -0.4 is 21.5 Å². The van der Waals surface area contributed by atoms with Gasteiger partial charge in [-0.15, -0.1) is 0 Å². The van der Waals surface area contributed by atoms with Crippen molar-refractivity contribution in [1.82, 2.24) is 9.97 Å². The van der Waals surface area contributed by atoms with E-state index in [1.165, 1.54) is 19.3 Å². The summed E-state index contributed by atoms with van der Waals surface area (Å²) in [5, 5.41) is 2.65. The summed E-state index contributed by atoms with van der Waals surface area (Å²) in [5.74, 6) is -0.562. The van der Waals surface area contributed by atoms with Crippen LogP contribution in [0.4, 0.5) is 11.4 Å². The molecule has 23 heavy (non-hydrogen) atoms. The van der Waals surface area contributed by atoms with Crippen molar-refractivity contribution in [3.05, 3.63) is 56.9 Å². The number of amides is 1. The van der Waals surface area contributed by atoms with Gasteiger partial charge >= 0.3 is 5.69 Å². The van der Waals surface area contributed by atoms with Crippen LogP contribution in [0.1, 0.15) is 29.6 Å². The first kappa shape index (κ1) is 15.1. The largest absolute Gasteiger partial charge is 0.372 e. The highest BCUT2D eigenvalue weighted by Crippen LogP contribution is 2.21. The third-order valence-corrected chi connectivity index (χ3v) is 3.91. The van der Waals surface area contributed by atoms with Crippen LogP contribution in [-0.2, 0) is 0 Å². The SMILES string of the molecule is O=C(Nc1ccc(N2CCCCC2)cc1)c1c[nH]c(=O)[nH]c1=O. The van der Waals surface area contributed by atoms with Crippen LogP contribution in [0.25, 0.3) is 0 Å². The van der Waals surface area contributed by atoms with Gasteiger partial charge in [0.2, 0.25) is 0 Å². The Morgan fingerprint density at radius 3 is 2.39 bits per heavy atom. The topological polar surface area (TPSA) is 98.1 Å². The summed E-state index contributed by atoms with van der Waals surface area (Å²) in [6.45, 7) is 2.11. The Balaban J connectivity index is 1.71. The van der Waals surface area contributed by atoms with Gasteiger partial charge in [-0.25, -0.2) is 4.79 Å². The smallest absolute Gasteiger partial charge is 0.325 e. The van der Waals surface area contributed by atoms with Crippen molar-refractivity contribution in [2.24, 2.45) is 0 Å². The molecule has 0 spiro atoms. The Morgan fingerprint density at radius 1 is 1.04 bits per heavy atom. The predicted molar refractivity (Wildman–Crippen MR) is 88.1 cm³/mol. The van der Waals surface area contributed by atoms with E-state index in [1.54, 1.807) is 0 Å². The average molecular weight is 314 g/mol. The third kappa shape index (κ3) is 3.50. The van der Waals surface area contributed by atoms with Crippen molar-refractivity contribution < 1.29 is 4.79 Å². The standard InChI is InChI=1S/C16H18N4O3/c21-14(13-10-17-16(23)19-15(13)22)18-11-4-6-12(7-5-11)20-8-2-1-3-9-20/h4-7,10H,1-3,8-9H2,(H,18,21)(H2,17,19,22,23). The number of nitrogens with one attached hydrogen (secondary N) is 3. The number of nitrogens with zero attached hydrogens (tertiary/aromatic N) is 1. The zero-order valence-electron chi connectivity index (χ0n) is 12.6. The van der Waals surface area contributed by atoms with E-state index in [2.05, 4.69) is 15.2 Å². The zero-order valence-corrected chi connectivity index (χ0v) is 12.6. The lowest BCUT2D eigenvalue weighted by molar-refractivity contribution is 0.102. The second kappa shape index (κ2) is 6.51. The van der Waals surface area contributed by atoms with E-state index in [4.69, 9.17) is 0 Å². The van der Waals surface area contributed by atoms with Crippen molar-refractivity contribution in [2.75, 3.05) is 23.3 Å². The van der Waals surface area contributed by atoms with Gasteiger partial charge in [0.1, 0.15) is 5.56 Å². The highest BCUT2D eigenvalue weighted by Gasteiger charge is 2.13. The molecule has 2 heterocycles. The molecule has 7 nitrogen and oxygen atoms in total. The molecule has 7 heteroatoms. The second-order valence-corrected chi connectivity index (χ2v) is 5.53. The molecule has 120 valence electrons. The van der Waals surface area contributed by atoms with Gasteiger partial charge in [-0.05, 0) is 43.5 Å². The Kier molecular flexibility index (Phi) is 4.27. The van der Waals surface area contributed by atoms with E-state index >= 15 is 0 Å². The molecular weight excluding hydrogens is 296 g/mol. The van der Waals surface area contributed by atoms with Gasteiger partial charge in [-0.2, -0.15) is 0 Å². The molecule has 0 radical (unpaired) electrons. The molecule has 1 fully saturated rings. The molecule has 1 saturated heterocycles. The van der Waals surface area contributed by atoms with Crippen LogP contribution in [0.2, 0.25) is 0 Å². The minimum atomic E-state index is -0.712. The lowest BCUT2D eigenvalue weighted by Crippen LogP contribution is -2.30. The quantitative estimate of drug-likeness (QED) is 0.795. The summed E-state index contributed by atoms with van der Waals surface area (Å²) in [6, 6.07) is 7.53. The number of carbonyl (C=O) groups is 1. The van der Waals surface area contributed by atoms with Gasteiger partial charge in [-0.1, -0.05) is 0 Å². The van der Waals surface area contributed by atoms with Crippen molar-refractivity contribution >= 4 is 17.3 Å². The molecule has 0 bridgehead atoms. The van der Waals surface area contributed by atoms with Crippen molar-refractivity contribution in [3.63, 3.8) is 0 Å². The van der Waals surface area contributed by atoms with Gasteiger partial charge in [0.05, 0.1) is 0 Å². The van der Waals surface area contributed by atoms with Crippen LogP contribution in [-0.4, -0.2) is 29.0 Å². The number of hydrogen-bond acceptors (Lipinski definition) is 4. The zero-order chi connectivity index (χ0) is 16.2. The van der Waals surface area contributed by atoms with Crippen LogP contribution in [0, 0.1) is 0 Å². The maximum absolute atomic E-state index is 12.1. The first-order valence-corrected chi connectivity index (χ1v) is 7.62. The molecule has 0 atom stereocenters. The van der Waals surface area contributed by atoms with Crippen molar-refractivity contribution in [2.45, 2.75) is 19.3 Å². The number of hydrogen-bond donors (Lipinski definition) is 3. The van der Waals surface area contributed by atoms with Gasteiger partial charge in [0.25, 0.3) is 11.5 Å². The molecule has 1 aliphatic rings. The number of rotatable bonds is 3. The highest BCUT2D eigenvalue weighted by atomic mass is 16.2. The molecule has 1 aromatic carbocycles. The van der Waals surface area contributed by atoms with Gasteiger partial charge < -0.3 is 15.2 Å². The minimum absolute atomic E-state index is 0.135. The lowest BCUT2D eigenvalue weighted by atomic mass is 10.1. The fourth-order valence-electron chi connectivity index (χ4n) is 2.68. The summed E-state index contributed by atoms with van der Waals surface area (Å²) in [4.78, 5) is 41.2. The summed E-state index contributed by atoms with van der Waals surface area (Å²) in [7, 11) is 0. The molecule has 2 aromatic rings. The van der Waals surface area contributed by atoms with Gasteiger partial charge in [0.15, 0.2) is 0 Å². The summed E-state index contributed by atoms with van der Waals surface area (Å²) in [5.41, 5.74) is 0.240. The lowest BCUT2D eigenvalue weighted by Gasteiger charge is -2.28. The normalized spacial score (nSPS) is 14.5. The van der Waals surface area contributed by atoms with E-state index in [-0.39, 0.29) is 5.56 Å². The van der Waals surface area contributed by atoms with Gasteiger partial charge in [-0.3, -0.25) is 14.6 Å². The fourth-order valence-corrected chi connectivity index (χ4v) is 2.68. The molecule has 0 saturated carbocycles. The molecule has 1 aromatic heterocycles. The van der Waals surface area contributed by atoms with Crippen LogP contribution in [0.3, 0.4) is 0 Å². The molecule has 3 N–H and O–H groups in total. The van der Waals surface area contributed by atoms with E-state index in [0.717, 1.165) is 25.0 Å². The molecule has 0 unspecified atom stereocenters. The van der Waals surface area contributed by atoms with Crippen LogP contribution in [0.15, 0.2) is 40.1 Å². The average Bonchev–Trinajstić information content (AvgIpc) is 2.56. The highest BCUT2D eigenvalue weighted by molar-refractivity contribution is 6.03. The summed E-state index contributed by atoms with van der Waals surface area (Å²) in [6.07, 6.45) is 4.79. The molecule has 0 aliphatic carbocycles. The number of piperidine rings is 1. The number of H-pyrrole nitrogens is 2. The number of aromatic amines is 2. The summed E-state index contributed by atoms with van der Waals surface area (Å²) < 4.78 is 0. The van der Waals surface area contributed by atoms with E-state index in [1.807, 2.05) is 29.2 Å². The van der Waals surface area contributed by atoms with Gasteiger partial charge in [0, 0.05) is 30.7 Å². The van der Waals surface area contributed by atoms with E-state index in [9.17, 15) is 14.4 Å². The first-order valence-electron chi connectivity index (χ1n) is 7.62. The van der Waals surface area contributed by atoms with Crippen molar-refractivity contribution in [3.8, 4) is 0 Å². The number of aromatic nitrogens is 2. The third-order valence-electron chi connectivity index (χ3n) is 3.91. The number of carbonyl (C=O) groups excluding carboxylic acids is 1. The molecule has 1 amide bonds. The molecular formula is C16H18N4O3. The monoisotopic (exact) mass is 314 g/mol. The minimum Gasteiger partial charge on any atom is -0.372 e. The molecule has 3 rings (SSSR count). The number of benzene rings is 1. The predicted octanol–water partition coefficient (Wildman–Crippen LogP) is 1.31. The fraction of sp³-hybridized carbons (Fsp3) is 0.312. The van der Waals surface area contributed by atoms with Crippen molar-refractivity contribution in [1.29, 1.82) is 0 Å². The Hall–Kier alpha value is -2.83. The Bertz CT molecular complexity index is 801. The number of anilines is 2. The van der Waals surface area contributed by atoms with E-state index < -0.39 is 17.2 Å². The Labute approximate surface area is 132 Å². The molecule has 1 aliphatic heterocycles. The Morgan fingerprint density at radius 2 is 1.74 bits per heavy atom. The van der Waals surface area contributed by atoms with E-state index in [0.29, 0.717) is 5.69 Å². The summed E-state index contributed by atoms with van der Waals surface area (Å²) >= 11 is 0. The second-order valence-electron chi connectivity index (χ2n) is 5.53. The first-order chi connectivity index (χ1) is 11.1. The van der Waals surface area contributed by atoms with Crippen LogP contribution in [0.5, 0.6) is 0 Å². The maximum Gasteiger partial charge on any atom is 0.325 e. The maximum atomic E-state index is 12.1. The van der Waals surface area contributed by atoms with Crippen LogP contribution >= 0.6 is 0 Å².